The summed E-state index contributed by atoms with van der Waals surface area (Å²) in [5.74, 6) is 1.12. The minimum atomic E-state index is -4.24. The number of hydrogen-bond acceptors (Lipinski definition) is 11. The van der Waals surface area contributed by atoms with Crippen molar-refractivity contribution in [1.82, 2.24) is 29.7 Å². The van der Waals surface area contributed by atoms with Gasteiger partial charge in [-0.1, -0.05) is 6.07 Å². The zero-order valence-electron chi connectivity index (χ0n) is 24.6. The van der Waals surface area contributed by atoms with Gasteiger partial charge in [0, 0.05) is 30.4 Å². The van der Waals surface area contributed by atoms with Crippen LogP contribution in [0.5, 0.6) is 11.5 Å². The summed E-state index contributed by atoms with van der Waals surface area (Å²) >= 11 is 0. The van der Waals surface area contributed by atoms with E-state index in [-0.39, 0.29) is 18.4 Å². The van der Waals surface area contributed by atoms with E-state index in [2.05, 4.69) is 29.9 Å². The second-order valence-corrected chi connectivity index (χ2v) is 12.5. The van der Waals surface area contributed by atoms with Crippen LogP contribution in [0.15, 0.2) is 49.1 Å². The molecule has 0 unspecified atom stereocenters. The Morgan fingerprint density at radius 1 is 1.00 bits per heavy atom. The van der Waals surface area contributed by atoms with E-state index in [4.69, 9.17) is 14.2 Å². The molecule has 4 aromatic rings. The van der Waals surface area contributed by atoms with Crippen molar-refractivity contribution in [2.45, 2.75) is 51.6 Å². The number of hydrogen-bond donors (Lipinski definition) is 2. The first-order chi connectivity index (χ1) is 19.8. The smallest absolute Gasteiger partial charge is 0.243 e. The highest BCUT2D eigenvalue weighted by Gasteiger charge is 2.36. The molecule has 0 amide bonds. The molecule has 0 spiro atoms. The third kappa shape index (κ3) is 6.83. The molecule has 3 aromatic heterocycles. The number of aryl methyl sites for hydroxylation is 2. The lowest BCUT2D eigenvalue weighted by Crippen LogP contribution is -2.36. The molecular formula is C28H35N7O6S. The molecule has 0 fully saturated rings. The van der Waals surface area contributed by atoms with Gasteiger partial charge in [-0.05, 0) is 63.9 Å². The molecule has 2 N–H and O–H groups in total. The predicted octanol–water partition coefficient (Wildman–Crippen LogP) is 3.41. The van der Waals surface area contributed by atoms with Crippen LogP contribution in [0.1, 0.15) is 43.8 Å². The van der Waals surface area contributed by atoms with Crippen LogP contribution < -0.4 is 14.2 Å². The molecule has 0 aliphatic heterocycles. The van der Waals surface area contributed by atoms with Crippen molar-refractivity contribution in [2.75, 3.05) is 25.5 Å². The molecule has 0 radical (unpaired) electrons. The number of benzene rings is 1. The number of nitrogens with zero attached hydrogens (tertiary/aromatic N) is 6. The predicted molar refractivity (Wildman–Crippen MR) is 156 cm³/mol. The zero-order valence-corrected chi connectivity index (χ0v) is 25.4. The molecule has 224 valence electrons. The number of aliphatic hydroxyl groups is 1. The molecule has 0 bridgehead atoms. The average Bonchev–Trinajstić information content (AvgIpc) is 3.35. The summed E-state index contributed by atoms with van der Waals surface area (Å²) in [4.78, 5) is 12.9. The average molecular weight is 598 g/mol. The van der Waals surface area contributed by atoms with Gasteiger partial charge in [0.1, 0.15) is 28.5 Å². The number of pyridine rings is 1. The molecule has 4 rings (SSSR count). The van der Waals surface area contributed by atoms with Crippen LogP contribution in [0.2, 0.25) is 0 Å². The van der Waals surface area contributed by atoms with Crippen molar-refractivity contribution in [2.24, 2.45) is 0 Å². The van der Waals surface area contributed by atoms with E-state index in [0.717, 1.165) is 11.1 Å². The Morgan fingerprint density at radius 3 is 2.21 bits per heavy atom. The lowest BCUT2D eigenvalue weighted by molar-refractivity contribution is -0.0564. The molecule has 0 aliphatic rings. The third-order valence-corrected chi connectivity index (χ3v) is 7.94. The molecule has 42 heavy (non-hydrogen) atoms. The molecule has 13 nitrogen and oxygen atoms in total. The topological polar surface area (TPSA) is 163 Å². The Balaban J connectivity index is 1.83. The summed E-state index contributed by atoms with van der Waals surface area (Å²) in [6.45, 7) is 8.13. The molecule has 3 heterocycles. The van der Waals surface area contributed by atoms with Crippen molar-refractivity contribution in [3.63, 3.8) is 0 Å². The highest BCUT2D eigenvalue weighted by Crippen LogP contribution is 2.38. The van der Waals surface area contributed by atoms with Gasteiger partial charge < -0.3 is 19.3 Å². The first-order valence-corrected chi connectivity index (χ1v) is 14.6. The van der Waals surface area contributed by atoms with E-state index in [9.17, 15) is 13.5 Å². The van der Waals surface area contributed by atoms with Crippen LogP contribution >= 0.6 is 0 Å². The summed E-state index contributed by atoms with van der Waals surface area (Å²) in [7, 11) is -1.25. The lowest BCUT2D eigenvalue weighted by Gasteiger charge is -2.27. The van der Waals surface area contributed by atoms with Crippen LogP contribution in [0, 0.1) is 13.8 Å². The quantitative estimate of drug-likeness (QED) is 0.246. The molecule has 2 atom stereocenters. The fourth-order valence-electron chi connectivity index (χ4n) is 4.12. The van der Waals surface area contributed by atoms with Crippen LogP contribution in [-0.2, 0) is 14.8 Å². The van der Waals surface area contributed by atoms with Gasteiger partial charge in [0.2, 0.25) is 16.0 Å². The van der Waals surface area contributed by atoms with Gasteiger partial charge >= 0.3 is 0 Å². The van der Waals surface area contributed by atoms with Crippen molar-refractivity contribution < 1.29 is 27.7 Å². The van der Waals surface area contributed by atoms with Gasteiger partial charge in [-0.3, -0.25) is 14.3 Å². The van der Waals surface area contributed by atoms with Crippen LogP contribution in [0.4, 0.5) is 5.95 Å². The van der Waals surface area contributed by atoms with Crippen molar-refractivity contribution in [1.29, 1.82) is 0 Å². The molecule has 0 aliphatic carbocycles. The van der Waals surface area contributed by atoms with Gasteiger partial charge in [-0.15, -0.1) is 10.2 Å². The van der Waals surface area contributed by atoms with E-state index in [0.29, 0.717) is 28.6 Å². The molecule has 0 saturated carbocycles. The minimum Gasteiger partial charge on any atom is -0.494 e. The number of para-hydroxylation sites is 1. The fraction of sp³-hybridized carbons (Fsp3) is 0.393. The first kappa shape index (κ1) is 30.8. The van der Waals surface area contributed by atoms with Gasteiger partial charge in [-0.25, -0.2) is 18.4 Å². The van der Waals surface area contributed by atoms with E-state index in [1.807, 2.05) is 19.9 Å². The van der Waals surface area contributed by atoms with Crippen molar-refractivity contribution in [3.8, 4) is 28.6 Å². The van der Waals surface area contributed by atoms with Crippen LogP contribution in [0.25, 0.3) is 17.1 Å². The van der Waals surface area contributed by atoms with E-state index < -0.39 is 27.0 Å². The van der Waals surface area contributed by atoms with Gasteiger partial charge in [0.15, 0.2) is 11.6 Å². The number of aromatic nitrogens is 6. The number of sulfonamides is 1. The van der Waals surface area contributed by atoms with Crippen molar-refractivity contribution >= 4 is 16.0 Å². The van der Waals surface area contributed by atoms with Crippen LogP contribution in [0.3, 0.4) is 0 Å². The van der Waals surface area contributed by atoms with E-state index in [1.54, 1.807) is 56.8 Å². The largest absolute Gasteiger partial charge is 0.494 e. The minimum absolute atomic E-state index is 0.118. The fourth-order valence-corrected chi connectivity index (χ4v) is 5.22. The Morgan fingerprint density at radius 2 is 1.64 bits per heavy atom. The lowest BCUT2D eigenvalue weighted by atomic mass is 10.1. The number of rotatable bonds is 12. The zero-order chi connectivity index (χ0) is 30.7. The summed E-state index contributed by atoms with van der Waals surface area (Å²) in [6.07, 6.45) is 5.32. The van der Waals surface area contributed by atoms with Gasteiger partial charge in [0.05, 0.1) is 26.4 Å². The molecule has 1 aromatic carbocycles. The second kappa shape index (κ2) is 12.4. The maximum Gasteiger partial charge on any atom is 0.243 e. The maximum atomic E-state index is 13.9. The van der Waals surface area contributed by atoms with Gasteiger partial charge in [0.25, 0.3) is 0 Å². The highest BCUT2D eigenvalue weighted by atomic mass is 32.2. The summed E-state index contributed by atoms with van der Waals surface area (Å²) in [5.41, 5.74) is 1.41. The molecular weight excluding hydrogens is 562 g/mol. The van der Waals surface area contributed by atoms with Crippen molar-refractivity contribution in [3.05, 3.63) is 66.0 Å². The third-order valence-electron chi connectivity index (χ3n) is 6.24. The standard InChI is InChI=1S/C28H35N7O6S/c1-17-11-20(15-29-12-17)26-32-33-27(35(26)23-21(39-6)9-8-10-22(23)40-7)34-42(37,38)19(3)24(41-16-28(4,5)36)25-30-13-18(2)14-31-25/h8-15,19,24,36H,16H2,1-7H3,(H,33,34)/t19-,24+/m1/s1. The maximum absolute atomic E-state index is 13.9. The first-order valence-electron chi connectivity index (χ1n) is 13.1. The molecule has 0 saturated heterocycles. The normalized spacial score (nSPS) is 13.4. The second-order valence-electron chi connectivity index (χ2n) is 10.5. The Labute approximate surface area is 245 Å². The summed E-state index contributed by atoms with van der Waals surface area (Å²) < 4.78 is 49.1. The van der Waals surface area contributed by atoms with E-state index >= 15 is 0 Å². The number of anilines is 1. The van der Waals surface area contributed by atoms with E-state index in [1.165, 1.54) is 25.7 Å². The van der Waals surface area contributed by atoms with Crippen LogP contribution in [-0.4, -0.2) is 74.9 Å². The summed E-state index contributed by atoms with van der Waals surface area (Å²) in [5, 5.41) is 17.6. The Kier molecular flexibility index (Phi) is 9.09. The number of ether oxygens (including phenoxy) is 3. The molecule has 14 heteroatoms. The monoisotopic (exact) mass is 597 g/mol. The SMILES string of the molecule is COc1cccc(OC)c1-n1c(NS(=O)(=O)[C@H](C)[C@H](OCC(C)(C)O)c2ncc(C)cn2)nnc1-c1cncc(C)c1. The Hall–Kier alpha value is -4.14. The Bertz CT molecular complexity index is 1610. The number of nitrogens with one attached hydrogen (secondary N) is 1. The highest BCUT2D eigenvalue weighted by molar-refractivity contribution is 7.93. The number of methoxy groups -OCH3 is 2. The van der Waals surface area contributed by atoms with Gasteiger partial charge in [-0.2, -0.15) is 0 Å². The summed E-state index contributed by atoms with van der Waals surface area (Å²) in [6, 6.07) is 7.03.